The molecule has 0 fully saturated rings. The van der Waals surface area contributed by atoms with Crippen LogP contribution in [0.2, 0.25) is 0 Å². The van der Waals surface area contributed by atoms with E-state index in [1.807, 2.05) is 18.2 Å². The van der Waals surface area contributed by atoms with E-state index in [4.69, 9.17) is 4.74 Å². The van der Waals surface area contributed by atoms with Crippen LogP contribution in [0.5, 0.6) is 0 Å². The Morgan fingerprint density at radius 2 is 1.28 bits per heavy atom. The van der Waals surface area contributed by atoms with Gasteiger partial charge in [-0.15, -0.1) is 19.7 Å². The summed E-state index contributed by atoms with van der Waals surface area (Å²) < 4.78 is 20.0. The number of unbranched alkanes of at least 4 members (excludes halogenated alkanes) is 3. The highest BCUT2D eigenvalue weighted by molar-refractivity contribution is 4.75. The first-order chi connectivity index (χ1) is 8.68. The molecule has 0 aliphatic carbocycles. The first-order valence-corrected chi connectivity index (χ1v) is 6.84. The minimum Gasteiger partial charge on any atom is -0.346 e. The molecule has 0 rings (SSSR count). The van der Waals surface area contributed by atoms with Gasteiger partial charge in [0.1, 0.15) is 0 Å². The second kappa shape index (κ2) is 11.2. The van der Waals surface area contributed by atoms with E-state index in [0.29, 0.717) is 19.4 Å². The average molecular weight is 254 g/mol. The fourth-order valence-corrected chi connectivity index (χ4v) is 1.77. The molecule has 0 bridgehead atoms. The maximum Gasteiger partial charge on any atom is 0.209 e. The van der Waals surface area contributed by atoms with Crippen molar-refractivity contribution in [1.82, 2.24) is 0 Å². The second-order valence-corrected chi connectivity index (χ2v) is 4.52. The third kappa shape index (κ3) is 9.17. The lowest BCUT2D eigenvalue weighted by Crippen LogP contribution is -2.27. The van der Waals surface area contributed by atoms with Gasteiger partial charge in [-0.25, -0.2) is 4.39 Å². The van der Waals surface area contributed by atoms with Crippen LogP contribution < -0.4 is 0 Å². The van der Waals surface area contributed by atoms with Crippen LogP contribution in [0.25, 0.3) is 0 Å². The maximum absolute atomic E-state index is 14.5. The first kappa shape index (κ1) is 17.1. The molecule has 0 aromatic heterocycles. The number of alkyl halides is 1. The lowest BCUT2D eigenvalue weighted by molar-refractivity contribution is -0.156. The summed E-state index contributed by atoms with van der Waals surface area (Å²) in [5.74, 6) is -1.48. The fraction of sp³-hybridized carbons (Fsp3) is 0.625. The van der Waals surface area contributed by atoms with Crippen molar-refractivity contribution in [1.29, 1.82) is 0 Å². The molecule has 0 aliphatic rings. The molecule has 1 nitrogen and oxygen atoms in total. The number of hydrogen-bond acceptors (Lipinski definition) is 1. The smallest absolute Gasteiger partial charge is 0.209 e. The van der Waals surface area contributed by atoms with Gasteiger partial charge in [-0.05, 0) is 38.5 Å². The highest BCUT2D eigenvalue weighted by Gasteiger charge is 2.28. The van der Waals surface area contributed by atoms with Crippen molar-refractivity contribution >= 4 is 0 Å². The van der Waals surface area contributed by atoms with Crippen LogP contribution in [-0.4, -0.2) is 12.5 Å². The third-order valence-corrected chi connectivity index (χ3v) is 2.83. The predicted molar refractivity (Wildman–Crippen MR) is 77.3 cm³/mol. The van der Waals surface area contributed by atoms with Gasteiger partial charge in [-0.2, -0.15) is 0 Å². The molecule has 104 valence electrons. The Balaban J connectivity index is 4.05. The van der Waals surface area contributed by atoms with Gasteiger partial charge < -0.3 is 4.74 Å². The van der Waals surface area contributed by atoms with Crippen LogP contribution in [0.15, 0.2) is 38.0 Å². The van der Waals surface area contributed by atoms with Crippen LogP contribution >= 0.6 is 0 Å². The molecule has 0 saturated carbocycles. The van der Waals surface area contributed by atoms with E-state index < -0.39 is 5.85 Å². The summed E-state index contributed by atoms with van der Waals surface area (Å²) in [4.78, 5) is 0. The number of hydrogen-bond donors (Lipinski definition) is 0. The van der Waals surface area contributed by atoms with Crippen LogP contribution in [0.1, 0.15) is 51.4 Å². The summed E-state index contributed by atoms with van der Waals surface area (Å²) in [6.45, 7) is 11.4. The van der Waals surface area contributed by atoms with Crippen molar-refractivity contribution in [2.75, 3.05) is 6.61 Å². The van der Waals surface area contributed by atoms with Crippen molar-refractivity contribution in [2.45, 2.75) is 57.2 Å². The molecule has 0 radical (unpaired) electrons. The van der Waals surface area contributed by atoms with Gasteiger partial charge in [0, 0.05) is 12.8 Å². The molecule has 0 aliphatic heterocycles. The van der Waals surface area contributed by atoms with Crippen molar-refractivity contribution in [2.24, 2.45) is 0 Å². The average Bonchev–Trinajstić information content (AvgIpc) is 2.36. The molecule has 0 N–H and O–H groups in total. The second-order valence-electron chi connectivity index (χ2n) is 4.52. The Bertz CT molecular complexity index is 221. The molecule has 0 aromatic carbocycles. The summed E-state index contributed by atoms with van der Waals surface area (Å²) in [5, 5.41) is 0. The Labute approximate surface area is 111 Å². The summed E-state index contributed by atoms with van der Waals surface area (Å²) in [6.07, 6.45) is 11.3. The topological polar surface area (TPSA) is 9.23 Å². The van der Waals surface area contributed by atoms with Gasteiger partial charge in [0.05, 0.1) is 6.61 Å². The van der Waals surface area contributed by atoms with Crippen molar-refractivity contribution < 1.29 is 9.13 Å². The standard InChI is InChI=1S/C16H27FO/c1-4-7-10-13-16(17,14-11-8-5-2)18-15-12-9-6-3/h4-6H,1-3,7-15H2. The van der Waals surface area contributed by atoms with Crippen molar-refractivity contribution in [3.8, 4) is 0 Å². The lowest BCUT2D eigenvalue weighted by atomic mass is 10.0. The molecule has 0 amide bonds. The molecule has 0 heterocycles. The number of allylic oxidation sites excluding steroid dienone is 3. The van der Waals surface area contributed by atoms with E-state index in [1.54, 1.807) is 0 Å². The Morgan fingerprint density at radius 1 is 0.833 bits per heavy atom. The predicted octanol–water partition coefficient (Wildman–Crippen LogP) is 5.35. The van der Waals surface area contributed by atoms with Gasteiger partial charge in [0.15, 0.2) is 0 Å². The fourth-order valence-electron chi connectivity index (χ4n) is 1.77. The van der Waals surface area contributed by atoms with E-state index >= 15 is 0 Å². The van der Waals surface area contributed by atoms with Crippen molar-refractivity contribution in [3.63, 3.8) is 0 Å². The molecule has 18 heavy (non-hydrogen) atoms. The highest BCUT2D eigenvalue weighted by atomic mass is 19.2. The van der Waals surface area contributed by atoms with Crippen LogP contribution in [0.3, 0.4) is 0 Å². The van der Waals surface area contributed by atoms with Crippen LogP contribution in [-0.2, 0) is 4.74 Å². The summed E-state index contributed by atoms with van der Waals surface area (Å²) in [7, 11) is 0. The maximum atomic E-state index is 14.5. The molecule has 0 atom stereocenters. The number of ether oxygens (including phenoxy) is 1. The van der Waals surface area contributed by atoms with Gasteiger partial charge in [-0.3, -0.25) is 0 Å². The van der Waals surface area contributed by atoms with Gasteiger partial charge in [0.25, 0.3) is 0 Å². The van der Waals surface area contributed by atoms with Crippen molar-refractivity contribution in [3.05, 3.63) is 38.0 Å². The van der Waals surface area contributed by atoms with E-state index in [9.17, 15) is 4.39 Å². The van der Waals surface area contributed by atoms with Crippen LogP contribution in [0.4, 0.5) is 4.39 Å². The van der Waals surface area contributed by atoms with Gasteiger partial charge in [-0.1, -0.05) is 18.2 Å². The quantitative estimate of drug-likeness (QED) is 0.318. The Hall–Kier alpha value is -0.890. The Kier molecular flexibility index (Phi) is 10.7. The molecule has 0 spiro atoms. The molecule has 0 unspecified atom stereocenters. The van der Waals surface area contributed by atoms with E-state index in [0.717, 1.165) is 38.5 Å². The highest BCUT2D eigenvalue weighted by Crippen LogP contribution is 2.28. The zero-order chi connectivity index (χ0) is 13.7. The largest absolute Gasteiger partial charge is 0.346 e. The van der Waals surface area contributed by atoms with E-state index in [1.165, 1.54) is 0 Å². The van der Waals surface area contributed by atoms with Crippen LogP contribution in [0, 0.1) is 0 Å². The molecule has 2 heteroatoms. The first-order valence-electron chi connectivity index (χ1n) is 6.84. The van der Waals surface area contributed by atoms with Gasteiger partial charge >= 0.3 is 0 Å². The Morgan fingerprint density at radius 3 is 1.72 bits per heavy atom. The number of rotatable bonds is 13. The van der Waals surface area contributed by atoms with Gasteiger partial charge in [0.2, 0.25) is 5.85 Å². The summed E-state index contributed by atoms with van der Waals surface area (Å²) in [5.41, 5.74) is 0. The van der Waals surface area contributed by atoms with E-state index in [2.05, 4.69) is 19.7 Å². The molecular formula is C16H27FO. The molecular weight excluding hydrogens is 227 g/mol. The molecule has 0 aromatic rings. The third-order valence-electron chi connectivity index (χ3n) is 2.83. The summed E-state index contributed by atoms with van der Waals surface area (Å²) >= 11 is 0. The SMILES string of the molecule is C=CCCCOC(F)(CCCC=C)CCCC=C. The lowest BCUT2D eigenvalue weighted by Gasteiger charge is -2.25. The monoisotopic (exact) mass is 254 g/mol. The zero-order valence-corrected chi connectivity index (χ0v) is 11.5. The van der Waals surface area contributed by atoms with E-state index in [-0.39, 0.29) is 0 Å². The minimum absolute atomic E-state index is 0.449. The minimum atomic E-state index is -1.48. The summed E-state index contributed by atoms with van der Waals surface area (Å²) in [6, 6.07) is 0. The normalized spacial score (nSPS) is 11.2. The zero-order valence-electron chi connectivity index (χ0n) is 11.5. The number of halogens is 1. The molecule has 0 saturated heterocycles.